The van der Waals surface area contributed by atoms with Crippen molar-refractivity contribution < 1.29 is 4.42 Å². The van der Waals surface area contributed by atoms with Crippen LogP contribution in [0.2, 0.25) is 0 Å². The highest BCUT2D eigenvalue weighted by Gasteiger charge is 2.04. The lowest BCUT2D eigenvalue weighted by Gasteiger charge is -1.99. The summed E-state index contributed by atoms with van der Waals surface area (Å²) in [5, 5.41) is 1.06. The summed E-state index contributed by atoms with van der Waals surface area (Å²) < 4.78 is 5.49. The molecule has 0 fully saturated rings. The summed E-state index contributed by atoms with van der Waals surface area (Å²) in [6.07, 6.45) is 9.37. The number of hydrogen-bond donors (Lipinski definition) is 0. The standard InChI is InChI=1S/C14H12O/c1-4-6-11-9-14-12(7-10(11)3)8-13(5-2)15-14/h2,4,6-9H,1,3H3/b6-4-. The third kappa shape index (κ3) is 1.67. The van der Waals surface area contributed by atoms with Crippen LogP contribution in [0.3, 0.4) is 0 Å². The van der Waals surface area contributed by atoms with E-state index in [0.29, 0.717) is 5.76 Å². The topological polar surface area (TPSA) is 13.1 Å². The molecule has 1 aromatic heterocycles. The molecule has 0 aliphatic heterocycles. The van der Waals surface area contributed by atoms with E-state index in [1.54, 1.807) is 0 Å². The van der Waals surface area contributed by atoms with Crippen LogP contribution in [0.4, 0.5) is 0 Å². The number of furan rings is 1. The fourth-order valence-corrected chi connectivity index (χ4v) is 1.65. The number of terminal acetylenes is 1. The summed E-state index contributed by atoms with van der Waals surface area (Å²) in [6, 6.07) is 6.00. The smallest absolute Gasteiger partial charge is 0.177 e. The van der Waals surface area contributed by atoms with Gasteiger partial charge in [-0.05, 0) is 43.0 Å². The lowest BCUT2D eigenvalue weighted by molar-refractivity contribution is 0.601. The monoisotopic (exact) mass is 196 g/mol. The van der Waals surface area contributed by atoms with Crippen LogP contribution in [0, 0.1) is 19.3 Å². The average Bonchev–Trinajstić information content (AvgIpc) is 2.61. The van der Waals surface area contributed by atoms with Crippen LogP contribution in [0.5, 0.6) is 0 Å². The summed E-state index contributed by atoms with van der Waals surface area (Å²) in [6.45, 7) is 4.08. The van der Waals surface area contributed by atoms with Gasteiger partial charge in [0.25, 0.3) is 0 Å². The molecule has 0 saturated heterocycles. The van der Waals surface area contributed by atoms with Crippen molar-refractivity contribution in [1.82, 2.24) is 0 Å². The zero-order valence-electron chi connectivity index (χ0n) is 8.87. The number of aryl methyl sites for hydroxylation is 1. The maximum absolute atomic E-state index is 5.49. The van der Waals surface area contributed by atoms with Gasteiger partial charge in [-0.3, -0.25) is 0 Å². The number of rotatable bonds is 1. The van der Waals surface area contributed by atoms with Crippen LogP contribution < -0.4 is 0 Å². The predicted molar refractivity (Wildman–Crippen MR) is 63.6 cm³/mol. The molecule has 15 heavy (non-hydrogen) atoms. The molecule has 1 nitrogen and oxygen atoms in total. The Labute approximate surface area is 89.4 Å². The molecule has 0 unspecified atom stereocenters. The molecule has 1 heteroatoms. The van der Waals surface area contributed by atoms with Gasteiger partial charge in [0.15, 0.2) is 5.76 Å². The molecule has 74 valence electrons. The molecule has 2 rings (SSSR count). The Balaban J connectivity index is 2.69. The first-order valence-corrected chi connectivity index (χ1v) is 4.88. The van der Waals surface area contributed by atoms with Crippen molar-refractivity contribution in [3.63, 3.8) is 0 Å². The molecule has 0 spiro atoms. The van der Waals surface area contributed by atoms with Crippen molar-refractivity contribution in [2.24, 2.45) is 0 Å². The molecule has 0 amide bonds. The van der Waals surface area contributed by atoms with E-state index < -0.39 is 0 Å². The van der Waals surface area contributed by atoms with Crippen molar-refractivity contribution in [3.8, 4) is 12.3 Å². The van der Waals surface area contributed by atoms with Crippen molar-refractivity contribution in [2.45, 2.75) is 13.8 Å². The number of fused-ring (bicyclic) bond motifs is 1. The second-order valence-electron chi connectivity index (χ2n) is 3.50. The molecular formula is C14H12O. The predicted octanol–water partition coefficient (Wildman–Crippen LogP) is 3.76. The zero-order valence-corrected chi connectivity index (χ0v) is 8.87. The van der Waals surface area contributed by atoms with E-state index in [-0.39, 0.29) is 0 Å². The minimum atomic E-state index is 0.585. The second kappa shape index (κ2) is 3.67. The number of benzene rings is 1. The average molecular weight is 196 g/mol. The van der Waals surface area contributed by atoms with Gasteiger partial charge in [0, 0.05) is 11.5 Å². The van der Waals surface area contributed by atoms with E-state index in [0.717, 1.165) is 11.0 Å². The van der Waals surface area contributed by atoms with Gasteiger partial charge in [-0.15, -0.1) is 6.42 Å². The van der Waals surface area contributed by atoms with Gasteiger partial charge in [0.1, 0.15) is 5.58 Å². The van der Waals surface area contributed by atoms with Crippen LogP contribution >= 0.6 is 0 Å². The summed E-state index contributed by atoms with van der Waals surface area (Å²) in [5.41, 5.74) is 3.24. The van der Waals surface area contributed by atoms with Gasteiger partial charge in [-0.2, -0.15) is 0 Å². The molecule has 0 atom stereocenters. The highest BCUT2D eigenvalue weighted by Crippen LogP contribution is 2.23. The van der Waals surface area contributed by atoms with E-state index in [1.165, 1.54) is 11.1 Å². The maximum atomic E-state index is 5.49. The largest absolute Gasteiger partial charge is 0.448 e. The van der Waals surface area contributed by atoms with Crippen LogP contribution in [0.15, 0.2) is 28.7 Å². The fourth-order valence-electron chi connectivity index (χ4n) is 1.65. The third-order valence-electron chi connectivity index (χ3n) is 2.39. The summed E-state index contributed by atoms with van der Waals surface area (Å²) in [4.78, 5) is 0. The van der Waals surface area contributed by atoms with Crippen LogP contribution in [0.1, 0.15) is 23.8 Å². The van der Waals surface area contributed by atoms with Crippen LogP contribution in [-0.2, 0) is 0 Å². The minimum Gasteiger partial charge on any atom is -0.448 e. The molecular weight excluding hydrogens is 184 g/mol. The third-order valence-corrected chi connectivity index (χ3v) is 2.39. The Hall–Kier alpha value is -1.94. The minimum absolute atomic E-state index is 0.585. The van der Waals surface area contributed by atoms with E-state index >= 15 is 0 Å². The van der Waals surface area contributed by atoms with Gasteiger partial charge in [-0.25, -0.2) is 0 Å². The molecule has 0 N–H and O–H groups in total. The van der Waals surface area contributed by atoms with Gasteiger partial charge >= 0.3 is 0 Å². The highest BCUT2D eigenvalue weighted by molar-refractivity contribution is 5.82. The van der Waals surface area contributed by atoms with Crippen molar-refractivity contribution in [2.75, 3.05) is 0 Å². The second-order valence-corrected chi connectivity index (χ2v) is 3.50. The lowest BCUT2D eigenvalue weighted by atomic mass is 10.1. The van der Waals surface area contributed by atoms with E-state index in [4.69, 9.17) is 10.8 Å². The molecule has 1 aromatic carbocycles. The maximum Gasteiger partial charge on any atom is 0.177 e. The van der Waals surface area contributed by atoms with Crippen LogP contribution in [-0.4, -0.2) is 0 Å². The molecule has 0 bridgehead atoms. The number of allylic oxidation sites excluding steroid dienone is 1. The Morgan fingerprint density at radius 3 is 2.80 bits per heavy atom. The summed E-state index contributed by atoms with van der Waals surface area (Å²) >= 11 is 0. The Morgan fingerprint density at radius 1 is 1.33 bits per heavy atom. The van der Waals surface area contributed by atoms with Crippen molar-refractivity contribution >= 4 is 17.0 Å². The van der Waals surface area contributed by atoms with E-state index in [9.17, 15) is 0 Å². The first-order chi connectivity index (χ1) is 7.24. The van der Waals surface area contributed by atoms with E-state index in [2.05, 4.69) is 25.0 Å². The summed E-state index contributed by atoms with van der Waals surface area (Å²) in [7, 11) is 0. The Morgan fingerprint density at radius 2 is 2.13 bits per heavy atom. The molecule has 0 radical (unpaired) electrons. The van der Waals surface area contributed by atoms with Crippen molar-refractivity contribution in [3.05, 3.63) is 41.2 Å². The Bertz CT molecular complexity index is 565. The lowest BCUT2D eigenvalue weighted by Crippen LogP contribution is -1.79. The van der Waals surface area contributed by atoms with E-state index in [1.807, 2.05) is 25.1 Å². The van der Waals surface area contributed by atoms with Gasteiger partial charge in [-0.1, -0.05) is 12.2 Å². The summed E-state index contributed by atoms with van der Waals surface area (Å²) in [5.74, 6) is 3.09. The van der Waals surface area contributed by atoms with Crippen molar-refractivity contribution in [1.29, 1.82) is 0 Å². The Kier molecular flexibility index (Phi) is 2.35. The molecule has 0 aliphatic carbocycles. The quantitative estimate of drug-likeness (QED) is 0.633. The van der Waals surface area contributed by atoms with Crippen LogP contribution in [0.25, 0.3) is 17.0 Å². The SMILES string of the molecule is C#Cc1cc2cc(C)c(/C=C\C)cc2o1. The van der Waals surface area contributed by atoms with Gasteiger partial charge < -0.3 is 4.42 Å². The molecule has 1 heterocycles. The molecule has 0 aliphatic rings. The fraction of sp³-hybridized carbons (Fsp3) is 0.143. The normalized spacial score (nSPS) is 11.0. The van der Waals surface area contributed by atoms with Gasteiger partial charge in [0.05, 0.1) is 0 Å². The molecule has 2 aromatic rings. The first kappa shape index (κ1) is 9.61. The number of hydrogen-bond acceptors (Lipinski definition) is 1. The zero-order chi connectivity index (χ0) is 10.8. The first-order valence-electron chi connectivity index (χ1n) is 4.88. The van der Waals surface area contributed by atoms with Gasteiger partial charge in [0.2, 0.25) is 0 Å². The highest BCUT2D eigenvalue weighted by atomic mass is 16.3. The molecule has 0 saturated carbocycles.